The summed E-state index contributed by atoms with van der Waals surface area (Å²) in [5.74, 6) is 1.61. The molecule has 0 amide bonds. The number of nitrogens with zero attached hydrogens (tertiary/aromatic N) is 2. The van der Waals surface area contributed by atoms with E-state index in [1.165, 1.54) is 38.9 Å². The molecule has 0 spiro atoms. The van der Waals surface area contributed by atoms with E-state index in [4.69, 9.17) is 0 Å². The molecule has 1 aliphatic carbocycles. The van der Waals surface area contributed by atoms with Crippen molar-refractivity contribution in [1.29, 1.82) is 0 Å². The van der Waals surface area contributed by atoms with Crippen LogP contribution in [-0.2, 0) is 0 Å². The molecule has 1 unspecified atom stereocenters. The molecular formula is C16H31IN4. The van der Waals surface area contributed by atoms with Gasteiger partial charge >= 0.3 is 0 Å². The molecule has 0 saturated carbocycles. The van der Waals surface area contributed by atoms with E-state index in [0.29, 0.717) is 12.0 Å². The Morgan fingerprint density at radius 1 is 1.24 bits per heavy atom. The van der Waals surface area contributed by atoms with Crippen molar-refractivity contribution in [3.63, 3.8) is 0 Å². The zero-order valence-corrected chi connectivity index (χ0v) is 15.8. The van der Waals surface area contributed by atoms with Crippen LogP contribution in [0.4, 0.5) is 0 Å². The molecule has 21 heavy (non-hydrogen) atoms. The predicted molar refractivity (Wildman–Crippen MR) is 102 cm³/mol. The first-order valence-corrected chi connectivity index (χ1v) is 8.12. The summed E-state index contributed by atoms with van der Waals surface area (Å²) in [6.07, 6.45) is 10.9. The maximum absolute atomic E-state index is 4.32. The van der Waals surface area contributed by atoms with Crippen molar-refractivity contribution in [2.75, 3.05) is 33.2 Å². The second-order valence-electron chi connectivity index (χ2n) is 6.20. The molecule has 1 atom stereocenters. The normalized spacial score (nSPS) is 21.9. The minimum Gasteiger partial charge on any atom is -0.356 e. The zero-order valence-electron chi connectivity index (χ0n) is 13.5. The number of likely N-dealkylation sites (tertiary alicyclic amines) is 1. The highest BCUT2D eigenvalue weighted by Gasteiger charge is 2.15. The van der Waals surface area contributed by atoms with Crippen LogP contribution >= 0.6 is 24.0 Å². The van der Waals surface area contributed by atoms with Crippen LogP contribution in [0.15, 0.2) is 17.1 Å². The second-order valence-corrected chi connectivity index (χ2v) is 6.20. The lowest BCUT2D eigenvalue weighted by Crippen LogP contribution is -2.45. The Bertz CT molecular complexity index is 329. The quantitative estimate of drug-likeness (QED) is 0.319. The summed E-state index contributed by atoms with van der Waals surface area (Å²) in [6, 6.07) is 0.526. The van der Waals surface area contributed by atoms with E-state index in [1.54, 1.807) is 0 Å². The third-order valence-electron chi connectivity index (χ3n) is 4.21. The standard InChI is InChI=1S/C16H30N4.HI/c1-14(13-20-10-6-3-7-11-20)12-18-16(17-2)19-15-8-4-5-9-15;/h4-5,14-15H,3,6-13H2,1-2H3,(H2,17,18,19);1H. The van der Waals surface area contributed by atoms with Crippen LogP contribution in [0.25, 0.3) is 0 Å². The number of guanidine groups is 1. The van der Waals surface area contributed by atoms with Crippen molar-refractivity contribution >= 4 is 29.9 Å². The molecule has 1 heterocycles. The highest BCUT2D eigenvalue weighted by molar-refractivity contribution is 14.0. The smallest absolute Gasteiger partial charge is 0.191 e. The van der Waals surface area contributed by atoms with Gasteiger partial charge in [0.2, 0.25) is 0 Å². The van der Waals surface area contributed by atoms with Crippen LogP contribution in [0.3, 0.4) is 0 Å². The fraction of sp³-hybridized carbons (Fsp3) is 0.812. The van der Waals surface area contributed by atoms with Crippen molar-refractivity contribution in [2.24, 2.45) is 10.9 Å². The van der Waals surface area contributed by atoms with E-state index in [9.17, 15) is 0 Å². The van der Waals surface area contributed by atoms with Gasteiger partial charge in [-0.3, -0.25) is 4.99 Å². The summed E-state index contributed by atoms with van der Waals surface area (Å²) in [7, 11) is 1.85. The van der Waals surface area contributed by atoms with Crippen LogP contribution in [0.2, 0.25) is 0 Å². The molecule has 1 saturated heterocycles. The SMILES string of the molecule is CN=C(NCC(C)CN1CCCCC1)NC1CC=CC1.I. The number of piperidine rings is 1. The zero-order chi connectivity index (χ0) is 14.2. The van der Waals surface area contributed by atoms with Gasteiger partial charge in [-0.05, 0) is 44.7 Å². The van der Waals surface area contributed by atoms with Gasteiger partial charge in [-0.25, -0.2) is 0 Å². The molecule has 122 valence electrons. The molecule has 0 radical (unpaired) electrons. The summed E-state index contributed by atoms with van der Waals surface area (Å²) >= 11 is 0. The van der Waals surface area contributed by atoms with Crippen LogP contribution < -0.4 is 10.6 Å². The fourth-order valence-corrected chi connectivity index (χ4v) is 3.04. The van der Waals surface area contributed by atoms with Gasteiger partial charge in [0, 0.05) is 26.2 Å². The Morgan fingerprint density at radius 3 is 2.52 bits per heavy atom. The summed E-state index contributed by atoms with van der Waals surface area (Å²) in [4.78, 5) is 6.93. The molecule has 2 rings (SSSR count). The molecule has 4 nitrogen and oxygen atoms in total. The third-order valence-corrected chi connectivity index (χ3v) is 4.21. The molecule has 0 aromatic carbocycles. The van der Waals surface area contributed by atoms with E-state index >= 15 is 0 Å². The Balaban J connectivity index is 0.00000220. The fourth-order valence-electron chi connectivity index (χ4n) is 3.04. The summed E-state index contributed by atoms with van der Waals surface area (Å²) in [5, 5.41) is 6.96. The van der Waals surface area contributed by atoms with Gasteiger partial charge in [0.25, 0.3) is 0 Å². The molecule has 2 N–H and O–H groups in total. The predicted octanol–water partition coefficient (Wildman–Crippen LogP) is 2.61. The van der Waals surface area contributed by atoms with Crippen molar-refractivity contribution < 1.29 is 0 Å². The topological polar surface area (TPSA) is 39.7 Å². The maximum Gasteiger partial charge on any atom is 0.191 e. The van der Waals surface area contributed by atoms with E-state index in [2.05, 4.69) is 39.6 Å². The molecule has 2 aliphatic rings. The molecule has 0 bridgehead atoms. The Hall–Kier alpha value is -0.300. The monoisotopic (exact) mass is 406 g/mol. The van der Waals surface area contributed by atoms with Crippen LogP contribution in [0.1, 0.15) is 39.0 Å². The van der Waals surface area contributed by atoms with Gasteiger partial charge in [-0.2, -0.15) is 0 Å². The van der Waals surface area contributed by atoms with Crippen molar-refractivity contribution in [3.05, 3.63) is 12.2 Å². The van der Waals surface area contributed by atoms with E-state index in [1.807, 2.05) is 7.05 Å². The minimum atomic E-state index is 0. The number of hydrogen-bond acceptors (Lipinski definition) is 2. The van der Waals surface area contributed by atoms with E-state index in [-0.39, 0.29) is 24.0 Å². The molecule has 1 aliphatic heterocycles. The molecule has 5 heteroatoms. The van der Waals surface area contributed by atoms with Gasteiger partial charge in [0.1, 0.15) is 0 Å². The number of aliphatic imine (C=N–C) groups is 1. The van der Waals surface area contributed by atoms with Gasteiger partial charge in [-0.1, -0.05) is 25.5 Å². The van der Waals surface area contributed by atoms with Crippen LogP contribution in [-0.4, -0.2) is 50.1 Å². The van der Waals surface area contributed by atoms with Crippen molar-refractivity contribution in [1.82, 2.24) is 15.5 Å². The molecule has 0 aromatic heterocycles. The summed E-state index contributed by atoms with van der Waals surface area (Å²) in [6.45, 7) is 7.09. The van der Waals surface area contributed by atoms with E-state index in [0.717, 1.165) is 25.3 Å². The lowest BCUT2D eigenvalue weighted by molar-refractivity contribution is 0.201. The summed E-state index contributed by atoms with van der Waals surface area (Å²) < 4.78 is 0. The number of nitrogens with one attached hydrogen (secondary N) is 2. The summed E-state index contributed by atoms with van der Waals surface area (Å²) in [5.41, 5.74) is 0. The lowest BCUT2D eigenvalue weighted by atomic mass is 10.1. The van der Waals surface area contributed by atoms with Gasteiger partial charge in [-0.15, -0.1) is 24.0 Å². The lowest BCUT2D eigenvalue weighted by Gasteiger charge is -2.29. The van der Waals surface area contributed by atoms with Crippen molar-refractivity contribution in [2.45, 2.75) is 45.1 Å². The van der Waals surface area contributed by atoms with Crippen molar-refractivity contribution in [3.8, 4) is 0 Å². The second kappa shape index (κ2) is 10.4. The van der Waals surface area contributed by atoms with Crippen LogP contribution in [0.5, 0.6) is 0 Å². The van der Waals surface area contributed by atoms with Gasteiger partial charge in [0.15, 0.2) is 5.96 Å². The molecule has 0 aromatic rings. The number of rotatable bonds is 5. The Labute approximate surface area is 146 Å². The van der Waals surface area contributed by atoms with E-state index < -0.39 is 0 Å². The average Bonchev–Trinajstić information content (AvgIpc) is 2.97. The first-order chi connectivity index (χ1) is 9.78. The molecular weight excluding hydrogens is 375 g/mol. The van der Waals surface area contributed by atoms with Crippen LogP contribution in [0, 0.1) is 5.92 Å². The largest absolute Gasteiger partial charge is 0.356 e. The Morgan fingerprint density at radius 2 is 1.90 bits per heavy atom. The first kappa shape index (κ1) is 18.7. The highest BCUT2D eigenvalue weighted by atomic mass is 127. The van der Waals surface area contributed by atoms with Gasteiger partial charge in [0.05, 0.1) is 0 Å². The highest BCUT2D eigenvalue weighted by Crippen LogP contribution is 2.11. The molecule has 1 fully saturated rings. The minimum absolute atomic E-state index is 0. The maximum atomic E-state index is 4.32. The number of halogens is 1. The first-order valence-electron chi connectivity index (χ1n) is 8.12. The third kappa shape index (κ3) is 7.00. The Kier molecular flexibility index (Phi) is 9.31. The van der Waals surface area contributed by atoms with Gasteiger partial charge < -0.3 is 15.5 Å². The number of hydrogen-bond donors (Lipinski definition) is 2. The average molecular weight is 406 g/mol.